The summed E-state index contributed by atoms with van der Waals surface area (Å²) >= 11 is 12.6. The van der Waals surface area contributed by atoms with Crippen LogP contribution in [-0.4, -0.2) is 11.8 Å². The van der Waals surface area contributed by atoms with Crippen LogP contribution in [0.5, 0.6) is 0 Å². The monoisotopic (exact) mass is 433 g/mol. The molecule has 2 amide bonds. The van der Waals surface area contributed by atoms with Crippen LogP contribution < -0.4 is 4.90 Å². The summed E-state index contributed by atoms with van der Waals surface area (Å²) in [5.41, 5.74) is 4.05. The van der Waals surface area contributed by atoms with E-state index >= 15 is 0 Å². The average Bonchev–Trinajstić information content (AvgIpc) is 2.96. The number of rotatable bonds is 1. The number of carbonyl (C=O) groups is 2. The number of benzene rings is 3. The van der Waals surface area contributed by atoms with E-state index in [1.54, 1.807) is 18.2 Å². The van der Waals surface area contributed by atoms with Crippen LogP contribution in [0.4, 0.5) is 5.69 Å². The fourth-order valence-corrected chi connectivity index (χ4v) is 6.37. The van der Waals surface area contributed by atoms with E-state index in [-0.39, 0.29) is 23.7 Å². The van der Waals surface area contributed by atoms with Gasteiger partial charge in [0, 0.05) is 16.9 Å². The molecule has 0 aromatic heterocycles. The molecule has 148 valence electrons. The normalized spacial score (nSPS) is 28.4. The van der Waals surface area contributed by atoms with Crippen molar-refractivity contribution in [3.63, 3.8) is 0 Å². The van der Waals surface area contributed by atoms with Gasteiger partial charge < -0.3 is 0 Å². The Morgan fingerprint density at radius 2 is 1.40 bits per heavy atom. The van der Waals surface area contributed by atoms with Gasteiger partial charge in [0.2, 0.25) is 11.8 Å². The van der Waals surface area contributed by atoms with Crippen molar-refractivity contribution in [2.24, 2.45) is 11.3 Å². The maximum absolute atomic E-state index is 13.9. The molecule has 0 saturated carbocycles. The molecule has 1 saturated heterocycles. The molecule has 1 aliphatic heterocycles. The van der Waals surface area contributed by atoms with E-state index in [0.717, 1.165) is 22.3 Å². The molecule has 0 N–H and O–H groups in total. The summed E-state index contributed by atoms with van der Waals surface area (Å²) in [6.07, 6.45) is 0. The van der Waals surface area contributed by atoms with E-state index in [2.05, 4.69) is 24.3 Å². The molecule has 7 rings (SSSR count). The van der Waals surface area contributed by atoms with Crippen molar-refractivity contribution in [1.82, 2.24) is 0 Å². The molecule has 3 aromatic carbocycles. The molecule has 0 unspecified atom stereocenters. The lowest BCUT2D eigenvalue weighted by Gasteiger charge is -2.51. The Hall–Kier alpha value is -2.62. The van der Waals surface area contributed by atoms with Crippen molar-refractivity contribution in [3.05, 3.63) is 99.0 Å². The zero-order valence-electron chi connectivity index (χ0n) is 16.1. The highest BCUT2D eigenvalue weighted by molar-refractivity contribution is 6.38. The fourth-order valence-electron chi connectivity index (χ4n) is 6.00. The summed E-state index contributed by atoms with van der Waals surface area (Å²) in [5.74, 6) is -1.23. The van der Waals surface area contributed by atoms with Crippen molar-refractivity contribution < 1.29 is 9.59 Å². The zero-order valence-corrected chi connectivity index (χ0v) is 17.6. The Labute approximate surface area is 184 Å². The van der Waals surface area contributed by atoms with Gasteiger partial charge >= 0.3 is 0 Å². The fraction of sp³-hybridized carbons (Fsp3) is 0.200. The van der Waals surface area contributed by atoms with Gasteiger partial charge in [0.25, 0.3) is 0 Å². The highest BCUT2D eigenvalue weighted by Crippen LogP contribution is 2.67. The Morgan fingerprint density at radius 3 is 2.00 bits per heavy atom. The molecule has 0 radical (unpaired) electrons. The van der Waals surface area contributed by atoms with Crippen molar-refractivity contribution in [1.29, 1.82) is 0 Å². The second-order valence-corrected chi connectivity index (χ2v) is 9.35. The minimum Gasteiger partial charge on any atom is -0.274 e. The van der Waals surface area contributed by atoms with Gasteiger partial charge in [-0.2, -0.15) is 0 Å². The lowest BCUT2D eigenvalue weighted by Crippen LogP contribution is -2.49. The maximum Gasteiger partial charge on any atom is 0.241 e. The number of amides is 2. The van der Waals surface area contributed by atoms with Crippen LogP contribution in [0.15, 0.2) is 66.7 Å². The van der Waals surface area contributed by atoms with Gasteiger partial charge in [0.1, 0.15) is 0 Å². The molecule has 30 heavy (non-hydrogen) atoms. The Kier molecular flexibility index (Phi) is 3.61. The van der Waals surface area contributed by atoms with E-state index in [9.17, 15) is 9.59 Å². The molecule has 1 fully saturated rings. The topological polar surface area (TPSA) is 37.4 Å². The predicted molar refractivity (Wildman–Crippen MR) is 117 cm³/mol. The maximum atomic E-state index is 13.9. The van der Waals surface area contributed by atoms with Gasteiger partial charge in [-0.3, -0.25) is 9.59 Å². The van der Waals surface area contributed by atoms with Gasteiger partial charge in [-0.25, -0.2) is 4.90 Å². The van der Waals surface area contributed by atoms with Crippen LogP contribution >= 0.6 is 23.2 Å². The number of anilines is 1. The SMILES string of the molecule is C[C@]12C(=O)N(c3cc(Cl)ccc3Cl)C(=O)[C@H]1C1c3ccccc3C2c2ccccc21. The zero-order chi connectivity index (χ0) is 20.8. The Bertz CT molecular complexity index is 1220. The number of imide groups is 1. The van der Waals surface area contributed by atoms with Gasteiger partial charge in [-0.1, -0.05) is 71.7 Å². The highest BCUT2D eigenvalue weighted by atomic mass is 35.5. The van der Waals surface area contributed by atoms with E-state index < -0.39 is 11.3 Å². The van der Waals surface area contributed by atoms with Gasteiger partial charge in [0.05, 0.1) is 22.0 Å². The quantitative estimate of drug-likeness (QED) is 0.456. The number of hydrogen-bond acceptors (Lipinski definition) is 2. The van der Waals surface area contributed by atoms with E-state index in [0.29, 0.717) is 15.7 Å². The van der Waals surface area contributed by atoms with E-state index in [1.807, 2.05) is 31.2 Å². The minimum atomic E-state index is -0.879. The molecule has 4 aliphatic rings. The van der Waals surface area contributed by atoms with Gasteiger partial charge in [-0.05, 0) is 47.4 Å². The molecule has 5 heteroatoms. The lowest BCUT2D eigenvalue weighted by molar-refractivity contribution is -0.128. The number of carbonyl (C=O) groups excluding carboxylic acids is 2. The van der Waals surface area contributed by atoms with Gasteiger partial charge in [-0.15, -0.1) is 0 Å². The summed E-state index contributed by atoms with van der Waals surface area (Å²) in [6, 6.07) is 21.3. The third-order valence-electron chi connectivity index (χ3n) is 7.16. The van der Waals surface area contributed by atoms with E-state index in [4.69, 9.17) is 23.2 Å². The first-order valence-electron chi connectivity index (χ1n) is 9.95. The molecule has 2 bridgehead atoms. The molecular weight excluding hydrogens is 417 g/mol. The van der Waals surface area contributed by atoms with Crippen LogP contribution in [0, 0.1) is 11.3 Å². The second-order valence-electron chi connectivity index (χ2n) is 8.50. The third kappa shape index (κ3) is 2.02. The molecule has 1 heterocycles. The van der Waals surface area contributed by atoms with Crippen LogP contribution in [0.3, 0.4) is 0 Å². The smallest absolute Gasteiger partial charge is 0.241 e. The number of halogens is 2. The number of hydrogen-bond donors (Lipinski definition) is 0. The first-order chi connectivity index (χ1) is 14.4. The number of nitrogens with zero attached hydrogens (tertiary/aromatic N) is 1. The first-order valence-corrected chi connectivity index (χ1v) is 10.7. The summed E-state index contributed by atoms with van der Waals surface area (Å²) in [7, 11) is 0. The predicted octanol–water partition coefficient (Wildman–Crippen LogP) is 5.78. The molecule has 3 aromatic rings. The third-order valence-corrected chi connectivity index (χ3v) is 7.72. The Balaban J connectivity index is 1.63. The summed E-state index contributed by atoms with van der Waals surface area (Å²) in [6.45, 7) is 1.94. The molecule has 3 aliphatic carbocycles. The Morgan fingerprint density at radius 1 is 0.833 bits per heavy atom. The second kappa shape index (κ2) is 5.96. The first kappa shape index (κ1) is 18.2. The molecule has 3 nitrogen and oxygen atoms in total. The van der Waals surface area contributed by atoms with Crippen molar-refractivity contribution >= 4 is 40.7 Å². The van der Waals surface area contributed by atoms with Crippen LogP contribution in [0.2, 0.25) is 10.0 Å². The highest BCUT2D eigenvalue weighted by Gasteiger charge is 2.69. The minimum absolute atomic E-state index is 0.160. The van der Waals surface area contributed by atoms with Gasteiger partial charge in [0.15, 0.2) is 0 Å². The summed E-state index contributed by atoms with van der Waals surface area (Å²) in [5, 5.41) is 0.773. The van der Waals surface area contributed by atoms with Crippen LogP contribution in [-0.2, 0) is 9.59 Å². The van der Waals surface area contributed by atoms with Crippen LogP contribution in [0.1, 0.15) is 41.0 Å². The molecule has 2 atom stereocenters. The van der Waals surface area contributed by atoms with Crippen molar-refractivity contribution in [2.45, 2.75) is 18.8 Å². The van der Waals surface area contributed by atoms with Crippen molar-refractivity contribution in [3.8, 4) is 0 Å². The summed E-state index contributed by atoms with van der Waals surface area (Å²) in [4.78, 5) is 29.1. The average molecular weight is 434 g/mol. The van der Waals surface area contributed by atoms with E-state index in [1.165, 1.54) is 4.90 Å². The van der Waals surface area contributed by atoms with Crippen molar-refractivity contribution in [2.75, 3.05) is 4.90 Å². The standard InChI is InChI=1S/C25H17Cl2NO2/c1-25-21-16-8-4-2-6-14(16)20(15-7-3-5-9-17(15)21)22(25)23(29)28(24(25)30)19-12-13(26)10-11-18(19)27/h2-12,20-22H,1H3/t20?,21?,22-,25-/m1/s1. The van der Waals surface area contributed by atoms with Crippen LogP contribution in [0.25, 0.3) is 0 Å². The largest absolute Gasteiger partial charge is 0.274 e. The molecular formula is C25H17Cl2NO2. The summed E-state index contributed by atoms with van der Waals surface area (Å²) < 4.78 is 0. The molecule has 0 spiro atoms. The lowest BCUT2D eigenvalue weighted by atomic mass is 9.48.